The molecule has 0 aromatic heterocycles. The van der Waals surface area contributed by atoms with Gasteiger partial charge < -0.3 is 21.3 Å². The van der Waals surface area contributed by atoms with Gasteiger partial charge in [-0.15, -0.1) is 0 Å². The monoisotopic (exact) mass is 636 g/mol. The van der Waals surface area contributed by atoms with Gasteiger partial charge in [0.15, 0.2) is 0 Å². The Morgan fingerprint density at radius 1 is 0.978 bits per heavy atom. The van der Waals surface area contributed by atoms with Gasteiger partial charge >= 0.3 is 0 Å². The molecule has 45 heavy (non-hydrogen) atoms. The summed E-state index contributed by atoms with van der Waals surface area (Å²) in [5.74, 6) is 0.253. The van der Waals surface area contributed by atoms with E-state index in [0.717, 1.165) is 35.4 Å². The van der Waals surface area contributed by atoms with Gasteiger partial charge in [-0.05, 0) is 87.6 Å². The molecule has 7 nitrogen and oxygen atoms in total. The fourth-order valence-corrected chi connectivity index (χ4v) is 7.05. The first kappa shape index (κ1) is 35.0. The van der Waals surface area contributed by atoms with Gasteiger partial charge in [0.2, 0.25) is 17.7 Å². The minimum absolute atomic E-state index is 0.00104. The van der Waals surface area contributed by atoms with Crippen LogP contribution in [0.15, 0.2) is 48.5 Å². The van der Waals surface area contributed by atoms with E-state index >= 15 is 0 Å². The maximum Gasteiger partial charge on any atom is 0.225 e. The second-order valence-corrected chi connectivity index (χ2v) is 14.6. The smallest absolute Gasteiger partial charge is 0.225 e. The van der Waals surface area contributed by atoms with Crippen LogP contribution in [0.2, 0.25) is 5.02 Å². The number of hydrogen-bond acceptors (Lipinski definition) is 4. The Bertz CT molecular complexity index is 1270. The van der Waals surface area contributed by atoms with Crippen molar-refractivity contribution >= 4 is 29.3 Å². The van der Waals surface area contributed by atoms with E-state index in [1.807, 2.05) is 74.2 Å². The molecule has 0 spiro atoms. The van der Waals surface area contributed by atoms with E-state index in [1.165, 1.54) is 32.1 Å². The van der Waals surface area contributed by atoms with E-state index in [1.54, 1.807) is 0 Å². The number of carbonyl (C=O) groups excluding carboxylic acids is 3. The Balaban J connectivity index is 1.43. The standard InChI is InChI=1S/C37H53ClN4O3/c1-37(2,3)41-33(43)16-10-22-42(21-9-13-26-11-5-4-6-12-26)34(44)25-30(23-27-17-19-29(38)20-18-27)40-36(45)32-24-28-14-7-8-15-31(28)35(32)39/h7-8,14-15,17-20,26,30,32,35H,4-6,9-13,16,21-25,39H2,1-3H3,(H,40,45)(H,41,43)/t30-,32?,35+/m0/s1. The number of nitrogens with two attached hydrogens (primary N) is 1. The van der Waals surface area contributed by atoms with Gasteiger partial charge in [-0.2, -0.15) is 0 Å². The molecule has 0 bridgehead atoms. The predicted molar refractivity (Wildman–Crippen MR) is 182 cm³/mol. The van der Waals surface area contributed by atoms with Crippen molar-refractivity contribution in [1.82, 2.24) is 15.5 Å². The summed E-state index contributed by atoms with van der Waals surface area (Å²) in [7, 11) is 0. The average Bonchev–Trinajstić information content (AvgIpc) is 3.33. The highest BCUT2D eigenvalue weighted by molar-refractivity contribution is 6.30. The van der Waals surface area contributed by atoms with E-state index in [-0.39, 0.29) is 41.6 Å². The number of amides is 3. The lowest BCUT2D eigenvalue weighted by molar-refractivity contribution is -0.133. The summed E-state index contributed by atoms with van der Waals surface area (Å²) in [4.78, 5) is 42.0. The minimum Gasteiger partial charge on any atom is -0.352 e. The average molecular weight is 637 g/mol. The lowest BCUT2D eigenvalue weighted by atomic mass is 9.86. The number of benzene rings is 2. The number of nitrogens with one attached hydrogen (secondary N) is 2. The molecule has 0 heterocycles. The van der Waals surface area contributed by atoms with Crippen LogP contribution in [0, 0.1) is 11.8 Å². The van der Waals surface area contributed by atoms with E-state index in [2.05, 4.69) is 10.6 Å². The van der Waals surface area contributed by atoms with Crippen molar-refractivity contribution in [3.8, 4) is 0 Å². The van der Waals surface area contributed by atoms with Gasteiger partial charge in [0, 0.05) is 48.6 Å². The molecule has 2 aromatic carbocycles. The molecule has 4 N–H and O–H groups in total. The van der Waals surface area contributed by atoms with Crippen molar-refractivity contribution in [3.63, 3.8) is 0 Å². The maximum atomic E-state index is 14.0. The fourth-order valence-electron chi connectivity index (χ4n) is 6.93. The van der Waals surface area contributed by atoms with E-state index in [0.29, 0.717) is 43.8 Å². The third kappa shape index (κ3) is 11.1. The molecule has 3 amide bonds. The Labute approximate surface area is 275 Å². The fraction of sp³-hybridized carbons (Fsp3) is 0.595. The van der Waals surface area contributed by atoms with Crippen LogP contribution in [0.4, 0.5) is 0 Å². The van der Waals surface area contributed by atoms with Crippen LogP contribution in [0.25, 0.3) is 0 Å². The van der Waals surface area contributed by atoms with Gasteiger partial charge in [0.25, 0.3) is 0 Å². The highest BCUT2D eigenvalue weighted by Crippen LogP contribution is 2.34. The van der Waals surface area contributed by atoms with Gasteiger partial charge in [-0.1, -0.05) is 80.1 Å². The first-order valence-corrected chi connectivity index (χ1v) is 17.3. The van der Waals surface area contributed by atoms with Crippen molar-refractivity contribution in [2.24, 2.45) is 17.6 Å². The normalized spacial score (nSPS) is 19.0. The molecule has 8 heteroatoms. The number of nitrogens with zero attached hydrogens (tertiary/aromatic N) is 1. The molecule has 0 saturated heterocycles. The highest BCUT2D eigenvalue weighted by atomic mass is 35.5. The Kier molecular flexibility index (Phi) is 12.9. The quantitative estimate of drug-likeness (QED) is 0.220. The minimum atomic E-state index is -0.396. The summed E-state index contributed by atoms with van der Waals surface area (Å²) in [6.45, 7) is 7.10. The van der Waals surface area contributed by atoms with Crippen LogP contribution in [-0.4, -0.2) is 47.3 Å². The molecule has 4 rings (SSSR count). The zero-order chi connectivity index (χ0) is 32.4. The predicted octanol–water partition coefficient (Wildman–Crippen LogP) is 6.51. The molecular weight excluding hydrogens is 584 g/mol. The molecule has 2 aliphatic carbocycles. The molecule has 2 aromatic rings. The summed E-state index contributed by atoms with van der Waals surface area (Å²) in [6.07, 6.45) is 10.8. The third-order valence-corrected chi connectivity index (χ3v) is 9.50. The number of fused-ring (bicyclic) bond motifs is 1. The summed E-state index contributed by atoms with van der Waals surface area (Å²) < 4.78 is 0. The van der Waals surface area contributed by atoms with Crippen LogP contribution in [-0.2, 0) is 27.2 Å². The van der Waals surface area contributed by atoms with Gasteiger partial charge in [-0.25, -0.2) is 0 Å². The molecule has 1 saturated carbocycles. The van der Waals surface area contributed by atoms with E-state index < -0.39 is 6.04 Å². The second-order valence-electron chi connectivity index (χ2n) is 14.2. The number of halogens is 1. The largest absolute Gasteiger partial charge is 0.352 e. The molecular formula is C37H53ClN4O3. The van der Waals surface area contributed by atoms with E-state index in [4.69, 9.17) is 17.3 Å². The van der Waals surface area contributed by atoms with Gasteiger partial charge in [0.1, 0.15) is 0 Å². The number of carbonyl (C=O) groups is 3. The van der Waals surface area contributed by atoms with E-state index in [9.17, 15) is 14.4 Å². The SMILES string of the molecule is CC(C)(C)NC(=O)CCCN(CCCC1CCCCC1)C(=O)C[C@H](Cc1ccc(Cl)cc1)NC(=O)C1Cc2ccccc2[C@H]1N. The molecule has 246 valence electrons. The molecule has 2 aliphatic rings. The molecule has 0 radical (unpaired) electrons. The first-order chi connectivity index (χ1) is 21.5. The van der Waals surface area contributed by atoms with Gasteiger partial charge in [0.05, 0.1) is 5.92 Å². The van der Waals surface area contributed by atoms with Crippen LogP contribution in [0.5, 0.6) is 0 Å². The summed E-state index contributed by atoms with van der Waals surface area (Å²) >= 11 is 6.14. The Morgan fingerprint density at radius 3 is 2.36 bits per heavy atom. The first-order valence-electron chi connectivity index (χ1n) is 17.0. The van der Waals surface area contributed by atoms with Crippen LogP contribution in [0.3, 0.4) is 0 Å². The van der Waals surface area contributed by atoms with Crippen molar-refractivity contribution < 1.29 is 14.4 Å². The van der Waals surface area contributed by atoms with Crippen molar-refractivity contribution in [3.05, 3.63) is 70.2 Å². The number of hydrogen-bond donors (Lipinski definition) is 3. The third-order valence-electron chi connectivity index (χ3n) is 9.25. The topological polar surface area (TPSA) is 105 Å². The summed E-state index contributed by atoms with van der Waals surface area (Å²) in [6, 6.07) is 14.7. The lowest BCUT2D eigenvalue weighted by Gasteiger charge is -2.28. The summed E-state index contributed by atoms with van der Waals surface area (Å²) in [5, 5.41) is 6.88. The number of rotatable bonds is 14. The van der Waals surface area contributed by atoms with Crippen molar-refractivity contribution in [2.45, 2.75) is 115 Å². The van der Waals surface area contributed by atoms with Crippen LogP contribution in [0.1, 0.15) is 108 Å². The van der Waals surface area contributed by atoms with Crippen LogP contribution >= 0.6 is 11.6 Å². The summed E-state index contributed by atoms with van der Waals surface area (Å²) in [5.41, 5.74) is 9.37. The molecule has 1 unspecified atom stereocenters. The van der Waals surface area contributed by atoms with Crippen molar-refractivity contribution in [1.29, 1.82) is 0 Å². The van der Waals surface area contributed by atoms with Gasteiger partial charge in [-0.3, -0.25) is 14.4 Å². The Hall–Kier alpha value is -2.90. The Morgan fingerprint density at radius 2 is 1.67 bits per heavy atom. The zero-order valence-electron chi connectivity index (χ0n) is 27.5. The van der Waals surface area contributed by atoms with Crippen molar-refractivity contribution in [2.75, 3.05) is 13.1 Å². The molecule has 3 atom stereocenters. The van der Waals surface area contributed by atoms with Crippen LogP contribution < -0.4 is 16.4 Å². The molecule has 1 fully saturated rings. The maximum absolute atomic E-state index is 14.0. The molecule has 0 aliphatic heterocycles. The highest BCUT2D eigenvalue weighted by Gasteiger charge is 2.36. The zero-order valence-corrected chi connectivity index (χ0v) is 28.2. The second kappa shape index (κ2) is 16.6. The lowest BCUT2D eigenvalue weighted by Crippen LogP contribution is -2.46.